The summed E-state index contributed by atoms with van der Waals surface area (Å²) in [5.74, 6) is -1.91. The summed E-state index contributed by atoms with van der Waals surface area (Å²) in [4.78, 5) is 111. The Morgan fingerprint density at radius 2 is 1.19 bits per heavy atom. The number of hydrogen-bond acceptors (Lipinski definition) is 17. The molecule has 4 aromatic rings. The first-order valence-electron chi connectivity index (χ1n) is 30.4. The number of hydrogen-bond donors (Lipinski definition) is 2. The van der Waals surface area contributed by atoms with Crippen molar-refractivity contribution in [2.75, 3.05) is 70.6 Å². The van der Waals surface area contributed by atoms with E-state index in [-0.39, 0.29) is 131 Å². The number of aromatic nitrogens is 3. The summed E-state index contributed by atoms with van der Waals surface area (Å²) >= 11 is 3.09. The van der Waals surface area contributed by atoms with Gasteiger partial charge in [0.25, 0.3) is 0 Å². The molecule has 3 aromatic carbocycles. The van der Waals surface area contributed by atoms with Gasteiger partial charge in [0, 0.05) is 99.4 Å². The van der Waals surface area contributed by atoms with Crippen molar-refractivity contribution < 1.29 is 47.8 Å². The minimum absolute atomic E-state index is 0.00658. The van der Waals surface area contributed by atoms with Crippen LogP contribution in [0.4, 0.5) is 5.69 Å². The van der Waals surface area contributed by atoms with Gasteiger partial charge >= 0.3 is 0 Å². The smallest absolute Gasteiger partial charge is 0.242 e. The van der Waals surface area contributed by atoms with Crippen LogP contribution in [0.5, 0.6) is 0 Å². The van der Waals surface area contributed by atoms with Crippen molar-refractivity contribution in [2.24, 2.45) is 10.3 Å². The number of para-hydroxylation sites is 1. The Labute approximate surface area is 511 Å². The largest absolute Gasteiger partial charge is 0.377 e. The second-order valence-electron chi connectivity index (χ2n) is 22.1. The quantitative estimate of drug-likeness (QED) is 0.0414. The highest BCUT2D eigenvalue weighted by molar-refractivity contribution is 8.01. The van der Waals surface area contributed by atoms with Crippen molar-refractivity contribution in [1.82, 2.24) is 45.3 Å². The summed E-state index contributed by atoms with van der Waals surface area (Å²) in [7, 11) is 0. The van der Waals surface area contributed by atoms with Gasteiger partial charge in [0.15, 0.2) is 0 Å². The molecule has 22 nitrogen and oxygen atoms in total. The molecule has 4 unspecified atom stereocenters. The van der Waals surface area contributed by atoms with Gasteiger partial charge in [-0.1, -0.05) is 105 Å². The number of anilines is 1. The fourth-order valence-electron chi connectivity index (χ4n) is 11.7. The first-order chi connectivity index (χ1) is 41.8. The molecule has 0 radical (unpaired) electrons. The van der Waals surface area contributed by atoms with E-state index in [1.807, 2.05) is 81.3 Å². The first-order valence-corrected chi connectivity index (χ1v) is 32.3. The third-order valence-electron chi connectivity index (χ3n) is 16.5. The van der Waals surface area contributed by atoms with E-state index in [0.29, 0.717) is 80.9 Å². The summed E-state index contributed by atoms with van der Waals surface area (Å²) in [5.41, 5.74) is 6.65. The van der Waals surface area contributed by atoms with Gasteiger partial charge in [0.1, 0.15) is 11.7 Å². The molecule has 0 bridgehead atoms. The maximum Gasteiger partial charge on any atom is 0.242 e. The van der Waals surface area contributed by atoms with Gasteiger partial charge in [-0.25, -0.2) is 4.68 Å². The molecule has 0 aliphatic carbocycles. The van der Waals surface area contributed by atoms with Crippen molar-refractivity contribution in [2.45, 2.75) is 151 Å². The molecule has 0 spiro atoms. The first kappa shape index (κ1) is 63.5. The van der Waals surface area contributed by atoms with Crippen LogP contribution in [0, 0.1) is 0 Å². The summed E-state index contributed by atoms with van der Waals surface area (Å²) in [6.45, 7) is 12.0. The predicted molar refractivity (Wildman–Crippen MR) is 327 cm³/mol. The topological polar surface area (TPSA) is 251 Å². The number of likely N-dealkylation sites (tertiary alicyclic amines) is 2. The molecule has 2 saturated heterocycles. The molecule has 2 N–H and O–H groups in total. The molecule has 2 fully saturated rings. The predicted octanol–water partition coefficient (Wildman–Crippen LogP) is 6.91. The van der Waals surface area contributed by atoms with Crippen LogP contribution in [-0.4, -0.2) is 175 Å². The Bertz CT molecular complexity index is 3120. The normalized spacial score (nSPS) is 19.1. The number of thioether (sulfide) groups is 2. The summed E-state index contributed by atoms with van der Waals surface area (Å²) in [6.07, 6.45) is 4.65. The molecule has 6 heterocycles. The SMILES string of the molecule is CCC(CC)SC1CC(=O)N(CCC(=O)NCCC(=O)N2CCC3N=NN(CCOCCOCCn4nnc5c4-c4ccccc4CN(C(=O)CCNC(=O)CCN4C(=O)CC(SC(CC)CC)C4=O)c4ccccc4-5)C3c3ccccc3C2)C1=O. The number of nitrogens with one attached hydrogen (secondary N) is 2. The molecule has 24 heteroatoms. The van der Waals surface area contributed by atoms with Crippen LogP contribution < -0.4 is 15.5 Å². The van der Waals surface area contributed by atoms with E-state index >= 15 is 0 Å². The molecule has 8 amide bonds. The number of carbonyl (C=O) groups excluding carboxylic acids is 8. The fourth-order valence-corrected chi connectivity index (χ4v) is 14.4. The average molecular weight is 1220 g/mol. The molecule has 9 rings (SSSR count). The van der Waals surface area contributed by atoms with E-state index in [2.05, 4.69) is 65.0 Å². The number of benzene rings is 3. The monoisotopic (exact) mass is 1220 g/mol. The van der Waals surface area contributed by atoms with Gasteiger partial charge in [-0.15, -0.1) is 28.6 Å². The zero-order valence-corrected chi connectivity index (χ0v) is 51.4. The molecule has 0 saturated carbocycles. The maximum atomic E-state index is 14.1. The number of nitrogens with zero attached hydrogens (tertiary/aromatic N) is 10. The molecular formula is C62H80N12O10S2. The van der Waals surface area contributed by atoms with Crippen LogP contribution in [0.2, 0.25) is 0 Å². The van der Waals surface area contributed by atoms with Crippen LogP contribution in [-0.2, 0) is 67.5 Å². The second-order valence-corrected chi connectivity index (χ2v) is 25.1. The van der Waals surface area contributed by atoms with Gasteiger partial charge in [0.05, 0.1) is 74.0 Å². The number of ether oxygens (including phenoxy) is 2. The van der Waals surface area contributed by atoms with Gasteiger partial charge in [-0.3, -0.25) is 53.2 Å². The Hall–Kier alpha value is -7.02. The molecular weight excluding hydrogens is 1140 g/mol. The lowest BCUT2D eigenvalue weighted by molar-refractivity contribution is -0.140. The average Bonchev–Trinajstić information content (AvgIpc) is 3.83. The fraction of sp³-hybridized carbons (Fsp3) is 0.548. The number of carbonyl (C=O) groups is 8. The number of fused-ring (bicyclic) bond motifs is 8. The van der Waals surface area contributed by atoms with Crippen molar-refractivity contribution >= 4 is 76.5 Å². The van der Waals surface area contributed by atoms with Gasteiger partial charge in [-0.2, -0.15) is 5.11 Å². The van der Waals surface area contributed by atoms with Gasteiger partial charge in [-0.05, 0) is 54.9 Å². The highest BCUT2D eigenvalue weighted by atomic mass is 32.2. The standard InChI is InChI=1S/C62H80N12O10S2/c1-5-43(6-2)85-50-37-56(79)70(61(50)81)29-24-52(75)63-26-21-54(77)69-28-23-48-59(45-17-11-9-15-41(45)39-69)73(67-65-48)31-33-83-35-36-84-34-32-74-60-46-18-12-10-16-42(46)40-72(49-20-14-13-19-47(49)58(60)66-68-74)55(78)22-27-64-53(76)25-30-71-57(80)38-51(62(71)82)86-44(7-3)8-4/h9-20,43-44,48,50-51,59H,5-8,21-40H2,1-4H3,(H,63,75)(H,64,76). The van der Waals surface area contributed by atoms with E-state index in [9.17, 15) is 38.4 Å². The van der Waals surface area contributed by atoms with E-state index < -0.39 is 10.5 Å². The zero-order chi connectivity index (χ0) is 60.7. The minimum Gasteiger partial charge on any atom is -0.377 e. The lowest BCUT2D eigenvalue weighted by Crippen LogP contribution is -2.40. The summed E-state index contributed by atoms with van der Waals surface area (Å²) < 4.78 is 14.0. The van der Waals surface area contributed by atoms with E-state index in [1.165, 1.54) is 9.80 Å². The van der Waals surface area contributed by atoms with Crippen LogP contribution in [0.25, 0.3) is 22.5 Å². The van der Waals surface area contributed by atoms with Crippen molar-refractivity contribution in [3.63, 3.8) is 0 Å². The van der Waals surface area contributed by atoms with Crippen LogP contribution in [0.1, 0.15) is 121 Å². The van der Waals surface area contributed by atoms with E-state index in [4.69, 9.17) is 9.47 Å². The Balaban J connectivity index is 0.706. The maximum absolute atomic E-state index is 14.1. The summed E-state index contributed by atoms with van der Waals surface area (Å²) in [6, 6.07) is 23.2. The van der Waals surface area contributed by atoms with E-state index in [0.717, 1.165) is 59.2 Å². The second kappa shape index (κ2) is 30.6. The number of imide groups is 2. The molecule has 1 aromatic heterocycles. The van der Waals surface area contributed by atoms with E-state index in [1.54, 1.807) is 28.4 Å². The minimum atomic E-state index is -0.412. The molecule has 5 aliphatic heterocycles. The lowest BCUT2D eigenvalue weighted by Gasteiger charge is -2.33. The molecule has 460 valence electrons. The van der Waals surface area contributed by atoms with Gasteiger partial charge in [0.2, 0.25) is 47.3 Å². The van der Waals surface area contributed by atoms with Crippen molar-refractivity contribution in [3.8, 4) is 22.5 Å². The summed E-state index contributed by atoms with van der Waals surface area (Å²) in [5, 5.41) is 25.9. The Kier molecular flexibility index (Phi) is 22.6. The Morgan fingerprint density at radius 1 is 0.628 bits per heavy atom. The zero-order valence-electron chi connectivity index (χ0n) is 49.7. The highest BCUT2D eigenvalue weighted by Gasteiger charge is 2.42. The third kappa shape index (κ3) is 15.4. The third-order valence-corrected chi connectivity index (χ3v) is 20.0. The van der Waals surface area contributed by atoms with Crippen LogP contribution in [0.3, 0.4) is 0 Å². The van der Waals surface area contributed by atoms with Crippen molar-refractivity contribution in [3.05, 3.63) is 89.5 Å². The number of amides is 8. The van der Waals surface area contributed by atoms with Crippen LogP contribution >= 0.6 is 23.5 Å². The van der Waals surface area contributed by atoms with Gasteiger partial charge < -0.3 is 29.9 Å². The van der Waals surface area contributed by atoms with Crippen LogP contribution in [0.15, 0.2) is 83.1 Å². The molecule has 5 aliphatic rings. The van der Waals surface area contributed by atoms with Crippen molar-refractivity contribution in [1.29, 1.82) is 0 Å². The Morgan fingerprint density at radius 3 is 1.81 bits per heavy atom. The number of rotatable bonds is 29. The molecule has 4 atom stereocenters. The highest BCUT2D eigenvalue weighted by Crippen LogP contribution is 2.42. The molecule has 86 heavy (non-hydrogen) atoms. The lowest BCUT2D eigenvalue weighted by atomic mass is 9.91.